The van der Waals surface area contributed by atoms with E-state index in [4.69, 9.17) is 4.74 Å². The first-order chi connectivity index (χ1) is 14.9. The predicted octanol–water partition coefficient (Wildman–Crippen LogP) is 4.28. The summed E-state index contributed by atoms with van der Waals surface area (Å²) in [6.45, 7) is 6.39. The van der Waals surface area contributed by atoms with Gasteiger partial charge in [0.2, 0.25) is 0 Å². The van der Waals surface area contributed by atoms with E-state index in [1.807, 2.05) is 62.4 Å². The number of hydrazone groups is 1. The first-order valence-corrected chi connectivity index (χ1v) is 9.91. The van der Waals surface area contributed by atoms with E-state index in [0.717, 1.165) is 28.0 Å². The van der Waals surface area contributed by atoms with Gasteiger partial charge < -0.3 is 10.1 Å². The fourth-order valence-electron chi connectivity index (χ4n) is 3.03. The van der Waals surface area contributed by atoms with Gasteiger partial charge in [0.1, 0.15) is 12.4 Å². The highest BCUT2D eigenvalue weighted by molar-refractivity contribution is 6.39. The summed E-state index contributed by atoms with van der Waals surface area (Å²) in [5.74, 6) is -0.882. The van der Waals surface area contributed by atoms with Crippen LogP contribution in [0.15, 0.2) is 71.8 Å². The van der Waals surface area contributed by atoms with Gasteiger partial charge in [-0.25, -0.2) is 5.43 Å². The minimum atomic E-state index is -0.839. The molecule has 158 valence electrons. The van der Waals surface area contributed by atoms with Crippen LogP contribution in [-0.2, 0) is 16.2 Å². The number of amides is 2. The Kier molecular flexibility index (Phi) is 7.17. The molecule has 3 rings (SSSR count). The standard InChI is InChI=1S/C25H25N3O3/c1-17-12-18(2)14-22(13-17)27-24(29)25(30)28-26-15-20-8-10-23(11-9-20)31-16-21-7-5-4-6-19(21)3/h4-15H,16H2,1-3H3,(H,27,29)(H,28,30)/b26-15+. The fourth-order valence-corrected chi connectivity index (χ4v) is 3.03. The van der Waals surface area contributed by atoms with E-state index in [1.54, 1.807) is 12.1 Å². The SMILES string of the molecule is Cc1cc(C)cc(NC(=O)C(=O)N/N=C/c2ccc(OCc3ccccc3C)cc2)c1. The van der Waals surface area contributed by atoms with Crippen LogP contribution < -0.4 is 15.5 Å². The molecule has 2 N–H and O–H groups in total. The zero-order valence-electron chi connectivity index (χ0n) is 17.8. The lowest BCUT2D eigenvalue weighted by molar-refractivity contribution is -0.136. The lowest BCUT2D eigenvalue weighted by Gasteiger charge is -2.08. The zero-order chi connectivity index (χ0) is 22.2. The summed E-state index contributed by atoms with van der Waals surface area (Å²) in [5, 5.41) is 6.42. The second kappa shape index (κ2) is 10.2. The molecule has 0 saturated heterocycles. The van der Waals surface area contributed by atoms with Gasteiger partial charge >= 0.3 is 11.8 Å². The number of benzene rings is 3. The second-order valence-electron chi connectivity index (χ2n) is 7.31. The van der Waals surface area contributed by atoms with Crippen molar-refractivity contribution in [2.24, 2.45) is 5.10 Å². The monoisotopic (exact) mass is 415 g/mol. The Labute approximate surface area is 182 Å². The molecule has 0 unspecified atom stereocenters. The minimum Gasteiger partial charge on any atom is -0.489 e. The maximum Gasteiger partial charge on any atom is 0.329 e. The van der Waals surface area contributed by atoms with Gasteiger partial charge in [0.15, 0.2) is 0 Å². The van der Waals surface area contributed by atoms with Gasteiger partial charge in [0.05, 0.1) is 6.21 Å². The lowest BCUT2D eigenvalue weighted by Crippen LogP contribution is -2.32. The van der Waals surface area contributed by atoms with E-state index < -0.39 is 11.8 Å². The van der Waals surface area contributed by atoms with E-state index in [2.05, 4.69) is 28.8 Å². The molecule has 0 bridgehead atoms. The van der Waals surface area contributed by atoms with Crippen molar-refractivity contribution in [1.29, 1.82) is 0 Å². The average molecular weight is 415 g/mol. The summed E-state index contributed by atoms with van der Waals surface area (Å²) in [5.41, 5.74) is 7.89. The van der Waals surface area contributed by atoms with Crippen LogP contribution >= 0.6 is 0 Å². The van der Waals surface area contributed by atoms with Gasteiger partial charge in [-0.05, 0) is 85.0 Å². The number of nitrogens with one attached hydrogen (secondary N) is 2. The molecule has 0 atom stereocenters. The first kappa shape index (κ1) is 21.8. The number of anilines is 1. The number of hydrogen-bond acceptors (Lipinski definition) is 4. The predicted molar refractivity (Wildman–Crippen MR) is 122 cm³/mol. The Morgan fingerprint density at radius 2 is 1.58 bits per heavy atom. The molecule has 3 aromatic carbocycles. The van der Waals surface area contributed by atoms with Gasteiger partial charge in [0, 0.05) is 5.69 Å². The van der Waals surface area contributed by atoms with E-state index in [1.165, 1.54) is 11.8 Å². The van der Waals surface area contributed by atoms with Crippen molar-refractivity contribution < 1.29 is 14.3 Å². The molecular weight excluding hydrogens is 390 g/mol. The first-order valence-electron chi connectivity index (χ1n) is 9.91. The van der Waals surface area contributed by atoms with E-state index >= 15 is 0 Å². The van der Waals surface area contributed by atoms with Crippen LogP contribution in [-0.4, -0.2) is 18.0 Å². The van der Waals surface area contributed by atoms with Crippen LogP contribution in [0.4, 0.5) is 5.69 Å². The van der Waals surface area contributed by atoms with Crippen LogP contribution in [0.1, 0.15) is 27.8 Å². The number of aryl methyl sites for hydroxylation is 3. The Hall–Kier alpha value is -3.93. The molecule has 0 radical (unpaired) electrons. The molecule has 0 aromatic heterocycles. The Morgan fingerprint density at radius 3 is 2.26 bits per heavy atom. The number of hydrogen-bond donors (Lipinski definition) is 2. The van der Waals surface area contributed by atoms with Gasteiger partial charge in [-0.2, -0.15) is 5.10 Å². The topological polar surface area (TPSA) is 79.8 Å². The summed E-state index contributed by atoms with van der Waals surface area (Å²) < 4.78 is 5.81. The minimum absolute atomic E-state index is 0.492. The molecule has 0 aliphatic carbocycles. The Balaban J connectivity index is 1.49. The quantitative estimate of drug-likeness (QED) is 0.358. The molecule has 0 saturated carbocycles. The van der Waals surface area contributed by atoms with E-state index in [0.29, 0.717) is 12.3 Å². The van der Waals surface area contributed by atoms with Crippen LogP contribution in [0.2, 0.25) is 0 Å². The maximum absolute atomic E-state index is 12.0. The number of carbonyl (C=O) groups excluding carboxylic acids is 2. The van der Waals surface area contributed by atoms with E-state index in [9.17, 15) is 9.59 Å². The van der Waals surface area contributed by atoms with Crippen LogP contribution in [0.25, 0.3) is 0 Å². The van der Waals surface area contributed by atoms with E-state index in [-0.39, 0.29) is 0 Å². The maximum atomic E-state index is 12.0. The normalized spacial score (nSPS) is 10.7. The summed E-state index contributed by atoms with van der Waals surface area (Å²) in [7, 11) is 0. The third kappa shape index (κ3) is 6.54. The molecule has 2 amide bonds. The number of nitrogens with zero attached hydrogens (tertiary/aromatic N) is 1. The third-order valence-electron chi connectivity index (χ3n) is 4.60. The van der Waals surface area contributed by atoms with Crippen LogP contribution in [0.3, 0.4) is 0 Å². The second-order valence-corrected chi connectivity index (χ2v) is 7.31. The van der Waals surface area contributed by atoms with Gasteiger partial charge in [-0.3, -0.25) is 9.59 Å². The smallest absolute Gasteiger partial charge is 0.329 e. The van der Waals surface area contributed by atoms with Crippen molar-refractivity contribution in [2.45, 2.75) is 27.4 Å². The zero-order valence-corrected chi connectivity index (χ0v) is 17.8. The van der Waals surface area contributed by atoms with Crippen molar-refractivity contribution in [3.8, 4) is 5.75 Å². The summed E-state index contributed by atoms with van der Waals surface area (Å²) in [6.07, 6.45) is 1.47. The highest BCUT2D eigenvalue weighted by Crippen LogP contribution is 2.15. The molecule has 6 heteroatoms. The molecule has 31 heavy (non-hydrogen) atoms. The molecule has 0 spiro atoms. The Morgan fingerprint density at radius 1 is 0.903 bits per heavy atom. The summed E-state index contributed by atoms with van der Waals surface area (Å²) in [6, 6.07) is 20.9. The number of carbonyl (C=O) groups is 2. The molecule has 0 fully saturated rings. The number of rotatable bonds is 6. The molecule has 3 aromatic rings. The molecule has 0 aliphatic rings. The average Bonchev–Trinajstić information content (AvgIpc) is 2.73. The highest BCUT2D eigenvalue weighted by atomic mass is 16.5. The molecule has 0 heterocycles. The molecule has 0 aliphatic heterocycles. The van der Waals surface area contributed by atoms with Crippen LogP contribution in [0, 0.1) is 20.8 Å². The Bertz CT molecular complexity index is 1090. The van der Waals surface area contributed by atoms with Crippen molar-refractivity contribution in [3.05, 3.63) is 94.5 Å². The van der Waals surface area contributed by atoms with Crippen molar-refractivity contribution >= 4 is 23.7 Å². The number of ether oxygens (including phenoxy) is 1. The van der Waals surface area contributed by atoms with Gasteiger partial charge in [-0.1, -0.05) is 30.3 Å². The summed E-state index contributed by atoms with van der Waals surface area (Å²) in [4.78, 5) is 24.0. The lowest BCUT2D eigenvalue weighted by atomic mass is 10.1. The van der Waals surface area contributed by atoms with Crippen molar-refractivity contribution in [1.82, 2.24) is 5.43 Å². The summed E-state index contributed by atoms with van der Waals surface area (Å²) >= 11 is 0. The van der Waals surface area contributed by atoms with Crippen molar-refractivity contribution in [2.75, 3.05) is 5.32 Å². The third-order valence-corrected chi connectivity index (χ3v) is 4.60. The largest absolute Gasteiger partial charge is 0.489 e. The van der Waals surface area contributed by atoms with Gasteiger partial charge in [0.25, 0.3) is 0 Å². The van der Waals surface area contributed by atoms with Crippen molar-refractivity contribution in [3.63, 3.8) is 0 Å². The fraction of sp³-hybridized carbons (Fsp3) is 0.160. The molecular formula is C25H25N3O3. The highest BCUT2D eigenvalue weighted by Gasteiger charge is 2.13. The van der Waals surface area contributed by atoms with Crippen LogP contribution in [0.5, 0.6) is 5.75 Å². The van der Waals surface area contributed by atoms with Gasteiger partial charge in [-0.15, -0.1) is 0 Å². The molecule has 6 nitrogen and oxygen atoms in total.